The van der Waals surface area contributed by atoms with Crippen LogP contribution in [-0.2, 0) is 20.2 Å². The molecule has 0 aromatic heterocycles. The monoisotopic (exact) mass is 506 g/mol. The van der Waals surface area contributed by atoms with Crippen molar-refractivity contribution in [2.24, 2.45) is 0 Å². The summed E-state index contributed by atoms with van der Waals surface area (Å²) in [6.45, 7) is 10.9. The lowest BCUT2D eigenvalue weighted by Gasteiger charge is -2.26. The summed E-state index contributed by atoms with van der Waals surface area (Å²) in [5, 5.41) is 2.30. The standard InChI is InChI=1S/C24H27O6PS2/c1-14-7-8-20(15(2)9-14)31(21-12-23(32(25,26)27)18(5)10-16(21)3)22-13-24(33(28,29)30)19(6)11-17(22)4/h7-13H,1-6H3,(H,25,26,27)(H,28,29,30). The number of rotatable bonds is 5. The van der Waals surface area contributed by atoms with Gasteiger partial charge in [-0.2, -0.15) is 16.8 Å². The van der Waals surface area contributed by atoms with Gasteiger partial charge in [0.15, 0.2) is 0 Å². The highest BCUT2D eigenvalue weighted by atomic mass is 32.2. The van der Waals surface area contributed by atoms with Crippen LogP contribution in [0.15, 0.2) is 52.3 Å². The molecule has 3 aromatic carbocycles. The van der Waals surface area contributed by atoms with Crippen LogP contribution in [0.1, 0.15) is 33.4 Å². The largest absolute Gasteiger partial charge is 0.294 e. The molecule has 0 bridgehead atoms. The van der Waals surface area contributed by atoms with E-state index >= 15 is 0 Å². The fraction of sp³-hybridized carbons (Fsp3) is 0.250. The Morgan fingerprint density at radius 3 is 1.30 bits per heavy atom. The first-order valence-electron chi connectivity index (χ1n) is 10.2. The summed E-state index contributed by atoms with van der Waals surface area (Å²) < 4.78 is 67.9. The normalized spacial score (nSPS) is 12.4. The summed E-state index contributed by atoms with van der Waals surface area (Å²) in [5.74, 6) is 0. The molecule has 0 atom stereocenters. The lowest BCUT2D eigenvalue weighted by Crippen LogP contribution is -2.27. The van der Waals surface area contributed by atoms with Gasteiger partial charge in [0.2, 0.25) is 0 Å². The van der Waals surface area contributed by atoms with E-state index in [4.69, 9.17) is 0 Å². The summed E-state index contributed by atoms with van der Waals surface area (Å²) in [4.78, 5) is -0.361. The van der Waals surface area contributed by atoms with Crippen LogP contribution in [0, 0.1) is 41.5 Å². The maximum atomic E-state index is 12.1. The van der Waals surface area contributed by atoms with Gasteiger partial charge in [0.05, 0.1) is 9.79 Å². The topological polar surface area (TPSA) is 109 Å². The Morgan fingerprint density at radius 1 is 0.545 bits per heavy atom. The van der Waals surface area contributed by atoms with Gasteiger partial charge in [0.1, 0.15) is 0 Å². The van der Waals surface area contributed by atoms with Crippen LogP contribution < -0.4 is 15.9 Å². The molecule has 0 aliphatic rings. The van der Waals surface area contributed by atoms with Gasteiger partial charge in [-0.15, -0.1) is 0 Å². The van der Waals surface area contributed by atoms with Crippen molar-refractivity contribution in [3.05, 3.63) is 75.8 Å². The van der Waals surface area contributed by atoms with Gasteiger partial charge < -0.3 is 0 Å². The zero-order valence-corrected chi connectivity index (χ0v) is 21.9. The van der Waals surface area contributed by atoms with Crippen molar-refractivity contribution in [3.63, 3.8) is 0 Å². The molecule has 176 valence electrons. The molecule has 0 radical (unpaired) electrons. The molecule has 0 unspecified atom stereocenters. The highest BCUT2D eigenvalue weighted by molar-refractivity contribution is 7.86. The number of benzene rings is 3. The van der Waals surface area contributed by atoms with Crippen LogP contribution in [-0.4, -0.2) is 25.9 Å². The second kappa shape index (κ2) is 8.93. The molecule has 0 amide bonds. The van der Waals surface area contributed by atoms with E-state index in [2.05, 4.69) is 0 Å². The van der Waals surface area contributed by atoms with Gasteiger partial charge in [0, 0.05) is 0 Å². The molecule has 0 heterocycles. The van der Waals surface area contributed by atoms with E-state index in [0.717, 1.165) is 27.6 Å². The molecule has 3 rings (SSSR count). The predicted molar refractivity (Wildman–Crippen MR) is 133 cm³/mol. The first-order valence-corrected chi connectivity index (χ1v) is 14.4. The van der Waals surface area contributed by atoms with E-state index in [9.17, 15) is 25.9 Å². The van der Waals surface area contributed by atoms with E-state index in [1.54, 1.807) is 26.0 Å². The Bertz CT molecular complexity index is 1390. The van der Waals surface area contributed by atoms with Crippen LogP contribution >= 0.6 is 7.92 Å². The Kier molecular flexibility index (Phi) is 6.91. The second-order valence-electron chi connectivity index (χ2n) is 8.38. The Hall–Kier alpha value is -2.09. The molecule has 0 saturated heterocycles. The SMILES string of the molecule is Cc1ccc(P(c2cc(S(=O)(=O)O)c(C)cc2C)c2cc(S(=O)(=O)O)c(C)cc2C)c(C)c1. The summed E-state index contributed by atoms with van der Waals surface area (Å²) in [7, 11) is -10.3. The van der Waals surface area contributed by atoms with Crippen LogP contribution in [0.25, 0.3) is 0 Å². The zero-order valence-electron chi connectivity index (χ0n) is 19.3. The average Bonchev–Trinajstić information content (AvgIpc) is 2.64. The molecule has 6 nitrogen and oxygen atoms in total. The summed E-state index contributed by atoms with van der Waals surface area (Å²) in [6, 6.07) is 12.3. The van der Waals surface area contributed by atoms with Crippen molar-refractivity contribution in [2.75, 3.05) is 0 Å². The molecule has 3 aromatic rings. The fourth-order valence-corrected chi connectivity index (χ4v) is 8.54. The predicted octanol–water partition coefficient (Wildman–Crippen LogP) is 3.79. The number of aryl methyl sites for hydroxylation is 6. The molecular formula is C24H27O6PS2. The van der Waals surface area contributed by atoms with Crippen molar-refractivity contribution < 1.29 is 25.9 Å². The maximum Gasteiger partial charge on any atom is 0.294 e. The lowest BCUT2D eigenvalue weighted by molar-refractivity contribution is 0.480. The minimum absolute atomic E-state index is 0.180. The number of hydrogen-bond acceptors (Lipinski definition) is 4. The zero-order chi connectivity index (χ0) is 24.9. The fourth-order valence-electron chi connectivity index (χ4n) is 4.13. The van der Waals surface area contributed by atoms with Crippen molar-refractivity contribution in [1.82, 2.24) is 0 Å². The van der Waals surface area contributed by atoms with Crippen molar-refractivity contribution in [3.8, 4) is 0 Å². The van der Waals surface area contributed by atoms with E-state index in [1.165, 1.54) is 12.1 Å². The molecular weight excluding hydrogens is 479 g/mol. The minimum atomic E-state index is -4.46. The van der Waals surface area contributed by atoms with E-state index in [-0.39, 0.29) is 9.79 Å². The molecule has 0 aliphatic heterocycles. The third-order valence-electron chi connectivity index (χ3n) is 5.62. The molecule has 0 aliphatic carbocycles. The molecule has 0 fully saturated rings. The smallest absolute Gasteiger partial charge is 0.282 e. The first-order chi connectivity index (χ1) is 15.1. The van der Waals surface area contributed by atoms with Gasteiger partial charge >= 0.3 is 0 Å². The van der Waals surface area contributed by atoms with E-state index in [0.29, 0.717) is 21.7 Å². The number of hydrogen-bond donors (Lipinski definition) is 2. The highest BCUT2D eigenvalue weighted by Gasteiger charge is 2.27. The summed E-state index contributed by atoms with van der Waals surface area (Å²) >= 11 is 0. The third-order valence-corrected chi connectivity index (χ3v) is 10.5. The molecule has 2 N–H and O–H groups in total. The van der Waals surface area contributed by atoms with Crippen molar-refractivity contribution >= 4 is 44.1 Å². The summed E-state index contributed by atoms with van der Waals surface area (Å²) in [6.07, 6.45) is 0. The van der Waals surface area contributed by atoms with Gasteiger partial charge in [-0.25, -0.2) is 0 Å². The lowest BCUT2D eigenvalue weighted by atomic mass is 10.1. The second-order valence-corrected chi connectivity index (χ2v) is 13.3. The van der Waals surface area contributed by atoms with Crippen LogP contribution in [0.2, 0.25) is 0 Å². The van der Waals surface area contributed by atoms with Gasteiger partial charge in [0.25, 0.3) is 20.2 Å². The quantitative estimate of drug-likeness (QED) is 0.403. The van der Waals surface area contributed by atoms with E-state index < -0.39 is 28.2 Å². The summed E-state index contributed by atoms with van der Waals surface area (Å²) in [5.41, 5.74) is 4.52. The Labute approximate surface area is 196 Å². The highest BCUT2D eigenvalue weighted by Crippen LogP contribution is 2.39. The van der Waals surface area contributed by atoms with Crippen LogP contribution in [0.3, 0.4) is 0 Å². The van der Waals surface area contributed by atoms with Crippen LogP contribution in [0.4, 0.5) is 0 Å². The Morgan fingerprint density at radius 2 is 0.939 bits per heavy atom. The van der Waals surface area contributed by atoms with Crippen LogP contribution in [0.5, 0.6) is 0 Å². The Balaban J connectivity index is 2.48. The molecule has 33 heavy (non-hydrogen) atoms. The minimum Gasteiger partial charge on any atom is -0.282 e. The first kappa shape index (κ1) is 25.5. The van der Waals surface area contributed by atoms with Crippen molar-refractivity contribution in [2.45, 2.75) is 51.3 Å². The van der Waals surface area contributed by atoms with Gasteiger partial charge in [-0.1, -0.05) is 35.9 Å². The average molecular weight is 507 g/mol. The maximum absolute atomic E-state index is 12.1. The molecule has 9 heteroatoms. The van der Waals surface area contributed by atoms with Crippen molar-refractivity contribution in [1.29, 1.82) is 0 Å². The van der Waals surface area contributed by atoms with Gasteiger partial charge in [-0.3, -0.25) is 9.11 Å². The molecule has 0 saturated carbocycles. The van der Waals surface area contributed by atoms with E-state index in [1.807, 2.05) is 45.9 Å². The molecule has 0 spiro atoms. The van der Waals surface area contributed by atoms with Gasteiger partial charge in [-0.05, 0) is 105 Å². The third kappa shape index (κ3) is 5.20.